The summed E-state index contributed by atoms with van der Waals surface area (Å²) in [6.45, 7) is 1.08. The van der Waals surface area contributed by atoms with Gasteiger partial charge in [0.1, 0.15) is 5.82 Å². The molecule has 2 aromatic carbocycles. The van der Waals surface area contributed by atoms with E-state index < -0.39 is 0 Å². The molecule has 4 nitrogen and oxygen atoms in total. The van der Waals surface area contributed by atoms with Gasteiger partial charge in [0, 0.05) is 12.6 Å². The lowest BCUT2D eigenvalue weighted by molar-refractivity contribution is -0.120. The molecule has 5 N–H and O–H groups in total. The smallest absolute Gasteiger partial charge is 0.224 e. The van der Waals surface area contributed by atoms with Crippen molar-refractivity contribution in [1.82, 2.24) is 5.32 Å². The van der Waals surface area contributed by atoms with E-state index in [1.165, 1.54) is 17.7 Å². The summed E-state index contributed by atoms with van der Waals surface area (Å²) >= 11 is 0. The lowest BCUT2D eigenvalue weighted by atomic mass is 9.97. The van der Waals surface area contributed by atoms with E-state index in [1.807, 2.05) is 6.07 Å². The molecule has 0 unspecified atom stereocenters. The molecule has 1 amide bonds. The molecule has 0 saturated heterocycles. The van der Waals surface area contributed by atoms with Crippen LogP contribution in [0.5, 0.6) is 0 Å². The Labute approximate surface area is 159 Å². The number of hydrogen-bond acceptors (Lipinski definition) is 3. The lowest BCUT2D eigenvalue weighted by Crippen LogP contribution is -2.37. The summed E-state index contributed by atoms with van der Waals surface area (Å²) < 4.78 is 13.2. The van der Waals surface area contributed by atoms with Gasteiger partial charge in [-0.15, -0.1) is 0 Å². The molecular formula is C22H26FN3O. The van der Waals surface area contributed by atoms with Gasteiger partial charge >= 0.3 is 0 Å². The standard InChI is InChI=1S/C22H26FN3O/c23-19-9-7-15(8-10-19)17-5-3-16-4-6-18(21(16)12-17)13-22(27)26-14-20(25)2-1-11-24/h3,5-10,12,20H,1-2,4,11,13-14,24-25H2,(H,26,27)/t20-/m0/s1. The first-order valence-electron chi connectivity index (χ1n) is 9.37. The van der Waals surface area contributed by atoms with Gasteiger partial charge < -0.3 is 16.8 Å². The Hall–Kier alpha value is -2.50. The number of carbonyl (C=O) groups excluding carboxylic acids is 1. The predicted octanol–water partition coefficient (Wildman–Crippen LogP) is 3.00. The molecule has 1 aliphatic rings. The molecule has 0 bridgehead atoms. The van der Waals surface area contributed by atoms with E-state index in [2.05, 4.69) is 23.5 Å². The van der Waals surface area contributed by atoms with Gasteiger partial charge in [-0.2, -0.15) is 0 Å². The van der Waals surface area contributed by atoms with E-state index in [9.17, 15) is 9.18 Å². The Morgan fingerprint density at radius 2 is 1.89 bits per heavy atom. The highest BCUT2D eigenvalue weighted by atomic mass is 19.1. The first-order valence-corrected chi connectivity index (χ1v) is 9.37. The normalized spacial score (nSPS) is 13.8. The third-order valence-electron chi connectivity index (χ3n) is 4.89. The van der Waals surface area contributed by atoms with Crippen LogP contribution in [0.25, 0.3) is 16.7 Å². The first-order chi connectivity index (χ1) is 13.1. The second kappa shape index (κ2) is 8.93. The Morgan fingerprint density at radius 3 is 2.63 bits per heavy atom. The largest absolute Gasteiger partial charge is 0.354 e. The molecule has 27 heavy (non-hydrogen) atoms. The summed E-state index contributed by atoms with van der Waals surface area (Å²) in [7, 11) is 0. The summed E-state index contributed by atoms with van der Waals surface area (Å²) in [5.74, 6) is -0.272. The first kappa shape index (κ1) is 19.3. The fourth-order valence-electron chi connectivity index (χ4n) is 3.35. The summed E-state index contributed by atoms with van der Waals surface area (Å²) in [5.41, 5.74) is 16.8. The maximum absolute atomic E-state index is 13.2. The van der Waals surface area contributed by atoms with Crippen LogP contribution in [0.1, 0.15) is 30.4 Å². The molecule has 0 spiro atoms. The average Bonchev–Trinajstić information content (AvgIpc) is 3.07. The minimum atomic E-state index is -0.248. The third kappa shape index (κ3) is 5.02. The van der Waals surface area contributed by atoms with Crippen molar-refractivity contribution in [2.24, 2.45) is 11.5 Å². The van der Waals surface area contributed by atoms with Crippen molar-refractivity contribution in [2.45, 2.75) is 31.7 Å². The van der Waals surface area contributed by atoms with Crippen LogP contribution in [0, 0.1) is 5.82 Å². The Morgan fingerprint density at radius 1 is 1.15 bits per heavy atom. The van der Waals surface area contributed by atoms with Crippen molar-refractivity contribution in [1.29, 1.82) is 0 Å². The van der Waals surface area contributed by atoms with Gasteiger partial charge in [0.25, 0.3) is 0 Å². The molecule has 0 aliphatic heterocycles. The highest BCUT2D eigenvalue weighted by Gasteiger charge is 2.18. The molecule has 0 saturated carbocycles. The third-order valence-corrected chi connectivity index (χ3v) is 4.89. The van der Waals surface area contributed by atoms with Gasteiger partial charge in [0.05, 0.1) is 6.42 Å². The highest BCUT2D eigenvalue weighted by molar-refractivity contribution is 5.91. The van der Waals surface area contributed by atoms with E-state index in [-0.39, 0.29) is 17.8 Å². The van der Waals surface area contributed by atoms with E-state index in [0.717, 1.165) is 41.5 Å². The van der Waals surface area contributed by atoms with Crippen molar-refractivity contribution in [3.63, 3.8) is 0 Å². The SMILES string of the molecule is NCCC[C@H](N)CNC(=O)CC1=CCc2ccc(-c3ccc(F)cc3)cc21. The van der Waals surface area contributed by atoms with Gasteiger partial charge in [-0.1, -0.05) is 30.3 Å². The van der Waals surface area contributed by atoms with Crippen LogP contribution in [0.3, 0.4) is 0 Å². The highest BCUT2D eigenvalue weighted by Crippen LogP contribution is 2.33. The zero-order valence-corrected chi connectivity index (χ0v) is 15.4. The zero-order chi connectivity index (χ0) is 19.2. The second-order valence-electron chi connectivity index (χ2n) is 6.98. The Kier molecular flexibility index (Phi) is 6.37. The summed E-state index contributed by atoms with van der Waals surface area (Å²) in [6, 6.07) is 12.6. The maximum atomic E-state index is 13.2. The molecule has 0 heterocycles. The van der Waals surface area contributed by atoms with Gasteiger partial charge in [0.15, 0.2) is 0 Å². The van der Waals surface area contributed by atoms with Crippen LogP contribution in [-0.4, -0.2) is 25.0 Å². The fourth-order valence-corrected chi connectivity index (χ4v) is 3.35. The van der Waals surface area contributed by atoms with Crippen molar-refractivity contribution < 1.29 is 9.18 Å². The number of carbonyl (C=O) groups is 1. The summed E-state index contributed by atoms with van der Waals surface area (Å²) in [5, 5.41) is 2.91. The van der Waals surface area contributed by atoms with Crippen LogP contribution in [0.2, 0.25) is 0 Å². The molecule has 2 aromatic rings. The van der Waals surface area contributed by atoms with Crippen molar-refractivity contribution in [2.75, 3.05) is 13.1 Å². The molecule has 142 valence electrons. The number of fused-ring (bicyclic) bond motifs is 1. The quantitative estimate of drug-likeness (QED) is 0.671. The number of benzene rings is 2. The van der Waals surface area contributed by atoms with E-state index >= 15 is 0 Å². The predicted molar refractivity (Wildman–Crippen MR) is 107 cm³/mol. The van der Waals surface area contributed by atoms with Crippen LogP contribution >= 0.6 is 0 Å². The Balaban J connectivity index is 1.64. The zero-order valence-electron chi connectivity index (χ0n) is 15.4. The number of allylic oxidation sites excluding steroid dienone is 1. The molecule has 0 radical (unpaired) electrons. The minimum absolute atomic E-state index is 0.0236. The van der Waals surface area contributed by atoms with Gasteiger partial charge in [-0.25, -0.2) is 4.39 Å². The van der Waals surface area contributed by atoms with E-state index in [4.69, 9.17) is 11.5 Å². The van der Waals surface area contributed by atoms with Crippen LogP contribution in [-0.2, 0) is 11.2 Å². The summed E-state index contributed by atoms with van der Waals surface area (Å²) in [4.78, 5) is 12.3. The minimum Gasteiger partial charge on any atom is -0.354 e. The number of hydrogen-bond donors (Lipinski definition) is 3. The number of rotatable bonds is 8. The van der Waals surface area contributed by atoms with Crippen molar-refractivity contribution in [3.8, 4) is 11.1 Å². The van der Waals surface area contributed by atoms with Crippen LogP contribution < -0.4 is 16.8 Å². The molecule has 5 heteroatoms. The fraction of sp³-hybridized carbons (Fsp3) is 0.318. The summed E-state index contributed by atoms with van der Waals surface area (Å²) in [6.07, 6.45) is 4.94. The van der Waals surface area contributed by atoms with Crippen LogP contribution in [0.4, 0.5) is 4.39 Å². The van der Waals surface area contributed by atoms with Gasteiger partial charge in [0.2, 0.25) is 5.91 Å². The number of halogens is 1. The van der Waals surface area contributed by atoms with Crippen molar-refractivity contribution >= 4 is 11.5 Å². The Bertz CT molecular complexity index is 830. The number of nitrogens with two attached hydrogens (primary N) is 2. The number of nitrogens with one attached hydrogen (secondary N) is 1. The average molecular weight is 367 g/mol. The van der Waals surface area contributed by atoms with Crippen molar-refractivity contribution in [3.05, 3.63) is 65.5 Å². The maximum Gasteiger partial charge on any atom is 0.224 e. The van der Waals surface area contributed by atoms with E-state index in [1.54, 1.807) is 12.1 Å². The van der Waals surface area contributed by atoms with Gasteiger partial charge in [-0.3, -0.25) is 4.79 Å². The van der Waals surface area contributed by atoms with Crippen LogP contribution in [0.15, 0.2) is 48.5 Å². The number of amides is 1. The molecule has 0 fully saturated rings. The monoisotopic (exact) mass is 367 g/mol. The molecule has 3 rings (SSSR count). The van der Waals surface area contributed by atoms with Gasteiger partial charge in [-0.05, 0) is 71.8 Å². The molecule has 0 aromatic heterocycles. The lowest BCUT2D eigenvalue weighted by Gasteiger charge is -2.13. The second-order valence-corrected chi connectivity index (χ2v) is 6.98. The topological polar surface area (TPSA) is 81.1 Å². The van der Waals surface area contributed by atoms with E-state index in [0.29, 0.717) is 19.5 Å². The molecular weight excluding hydrogens is 341 g/mol. The molecule has 1 aliphatic carbocycles. The molecule has 1 atom stereocenters.